The Labute approximate surface area is 77.2 Å². The Hall–Kier alpha value is -1.10. The third-order valence-electron chi connectivity index (χ3n) is 1.97. The molecule has 0 rings (SSSR count). The molecule has 0 aromatic rings. The highest BCUT2D eigenvalue weighted by Crippen LogP contribution is 2.14. The zero-order valence-corrected chi connectivity index (χ0v) is 8.07. The number of carbonyl (C=O) groups excluding carboxylic acids is 2. The SMILES string of the molecule is CC(C)C(C)(N)C(=O)OCOC=O. The fourth-order valence-electron chi connectivity index (χ4n) is 0.507. The predicted octanol–water partition coefficient (Wildman–Crippen LogP) is 0.0335. The summed E-state index contributed by atoms with van der Waals surface area (Å²) in [7, 11) is 0. The second-order valence-corrected chi connectivity index (χ2v) is 3.25. The Morgan fingerprint density at radius 1 is 1.62 bits per heavy atom. The molecular formula is C8H15NO4. The molecule has 13 heavy (non-hydrogen) atoms. The van der Waals surface area contributed by atoms with Crippen molar-refractivity contribution in [2.45, 2.75) is 26.3 Å². The lowest BCUT2D eigenvalue weighted by atomic mass is 9.90. The van der Waals surface area contributed by atoms with Gasteiger partial charge < -0.3 is 15.2 Å². The van der Waals surface area contributed by atoms with Crippen molar-refractivity contribution in [3.05, 3.63) is 0 Å². The van der Waals surface area contributed by atoms with Crippen LogP contribution < -0.4 is 5.73 Å². The number of hydrogen-bond donors (Lipinski definition) is 1. The molecule has 0 bridgehead atoms. The van der Waals surface area contributed by atoms with E-state index in [0.717, 1.165) is 0 Å². The van der Waals surface area contributed by atoms with E-state index in [9.17, 15) is 9.59 Å². The lowest BCUT2D eigenvalue weighted by molar-refractivity contribution is -0.166. The number of rotatable bonds is 5. The lowest BCUT2D eigenvalue weighted by Crippen LogP contribution is -2.50. The Bertz CT molecular complexity index is 189. The highest BCUT2D eigenvalue weighted by atomic mass is 16.7. The second kappa shape index (κ2) is 4.81. The van der Waals surface area contributed by atoms with E-state index in [1.54, 1.807) is 6.92 Å². The van der Waals surface area contributed by atoms with Crippen LogP contribution in [0.15, 0.2) is 0 Å². The van der Waals surface area contributed by atoms with Crippen molar-refractivity contribution in [3.63, 3.8) is 0 Å². The van der Waals surface area contributed by atoms with Gasteiger partial charge in [-0.25, -0.2) is 4.79 Å². The molecule has 5 heteroatoms. The van der Waals surface area contributed by atoms with Crippen LogP contribution in [0.1, 0.15) is 20.8 Å². The van der Waals surface area contributed by atoms with Gasteiger partial charge in [-0.15, -0.1) is 0 Å². The molecule has 76 valence electrons. The second-order valence-electron chi connectivity index (χ2n) is 3.25. The monoisotopic (exact) mass is 189 g/mol. The Kier molecular flexibility index (Phi) is 4.40. The van der Waals surface area contributed by atoms with Gasteiger partial charge in [0.1, 0.15) is 5.54 Å². The maximum Gasteiger partial charge on any atom is 0.328 e. The number of esters is 1. The van der Waals surface area contributed by atoms with E-state index in [1.807, 2.05) is 13.8 Å². The van der Waals surface area contributed by atoms with Crippen molar-refractivity contribution in [2.75, 3.05) is 6.79 Å². The van der Waals surface area contributed by atoms with Crippen LogP contribution >= 0.6 is 0 Å². The summed E-state index contributed by atoms with van der Waals surface area (Å²) in [5, 5.41) is 0. The summed E-state index contributed by atoms with van der Waals surface area (Å²) in [6, 6.07) is 0. The van der Waals surface area contributed by atoms with E-state index < -0.39 is 11.5 Å². The highest BCUT2D eigenvalue weighted by Gasteiger charge is 2.33. The number of hydrogen-bond acceptors (Lipinski definition) is 5. The Balaban J connectivity index is 4.02. The molecule has 0 saturated carbocycles. The molecular weight excluding hydrogens is 174 g/mol. The van der Waals surface area contributed by atoms with E-state index in [4.69, 9.17) is 5.73 Å². The molecule has 0 saturated heterocycles. The molecule has 1 atom stereocenters. The molecule has 0 spiro atoms. The van der Waals surface area contributed by atoms with Crippen LogP contribution in [-0.4, -0.2) is 24.8 Å². The maximum absolute atomic E-state index is 11.2. The van der Waals surface area contributed by atoms with E-state index in [1.165, 1.54) is 0 Å². The average Bonchev–Trinajstić information content (AvgIpc) is 2.04. The summed E-state index contributed by atoms with van der Waals surface area (Å²) in [4.78, 5) is 21.0. The first-order chi connectivity index (χ1) is 5.92. The average molecular weight is 189 g/mol. The standard InChI is InChI=1S/C8H15NO4/c1-6(2)8(3,9)7(11)13-5-12-4-10/h4,6H,5,9H2,1-3H3. The molecule has 0 aliphatic carbocycles. The van der Waals surface area contributed by atoms with Crippen LogP contribution in [0.3, 0.4) is 0 Å². The van der Waals surface area contributed by atoms with Crippen molar-refractivity contribution in [3.8, 4) is 0 Å². The molecule has 5 nitrogen and oxygen atoms in total. The molecule has 0 amide bonds. The fraction of sp³-hybridized carbons (Fsp3) is 0.750. The van der Waals surface area contributed by atoms with Gasteiger partial charge in [0.05, 0.1) is 0 Å². The minimum Gasteiger partial charge on any atom is -0.430 e. The number of carbonyl (C=O) groups is 2. The van der Waals surface area contributed by atoms with Gasteiger partial charge in [-0.1, -0.05) is 13.8 Å². The molecule has 1 unspecified atom stereocenters. The summed E-state index contributed by atoms with van der Waals surface area (Å²) in [6.45, 7) is 5.00. The van der Waals surface area contributed by atoms with Crippen molar-refractivity contribution < 1.29 is 19.1 Å². The van der Waals surface area contributed by atoms with E-state index in [0.29, 0.717) is 0 Å². The van der Waals surface area contributed by atoms with Crippen LogP contribution in [0.4, 0.5) is 0 Å². The fourth-order valence-corrected chi connectivity index (χ4v) is 0.507. The summed E-state index contributed by atoms with van der Waals surface area (Å²) < 4.78 is 8.79. The van der Waals surface area contributed by atoms with Gasteiger partial charge in [-0.2, -0.15) is 0 Å². The Morgan fingerprint density at radius 2 is 2.15 bits per heavy atom. The predicted molar refractivity (Wildman–Crippen MR) is 45.5 cm³/mol. The van der Waals surface area contributed by atoms with Gasteiger partial charge in [-0.3, -0.25) is 4.79 Å². The topological polar surface area (TPSA) is 78.6 Å². The van der Waals surface area contributed by atoms with E-state index in [2.05, 4.69) is 9.47 Å². The van der Waals surface area contributed by atoms with E-state index in [-0.39, 0.29) is 19.2 Å². The quantitative estimate of drug-likeness (QED) is 0.286. The van der Waals surface area contributed by atoms with E-state index >= 15 is 0 Å². The van der Waals surface area contributed by atoms with Gasteiger partial charge in [0.2, 0.25) is 6.79 Å². The van der Waals surface area contributed by atoms with Crippen molar-refractivity contribution >= 4 is 12.4 Å². The molecule has 0 aliphatic rings. The first kappa shape index (κ1) is 11.9. The normalized spacial score (nSPS) is 14.8. The van der Waals surface area contributed by atoms with Crippen LogP contribution in [0.5, 0.6) is 0 Å². The number of nitrogens with two attached hydrogens (primary N) is 1. The summed E-state index contributed by atoms with van der Waals surface area (Å²) in [6.07, 6.45) is 0. The van der Waals surface area contributed by atoms with Crippen molar-refractivity contribution in [2.24, 2.45) is 11.7 Å². The van der Waals surface area contributed by atoms with Crippen LogP contribution in [0.2, 0.25) is 0 Å². The molecule has 0 radical (unpaired) electrons. The number of ether oxygens (including phenoxy) is 2. The Morgan fingerprint density at radius 3 is 2.54 bits per heavy atom. The highest BCUT2D eigenvalue weighted by molar-refractivity contribution is 5.80. The van der Waals surface area contributed by atoms with Crippen LogP contribution in [-0.2, 0) is 19.1 Å². The smallest absolute Gasteiger partial charge is 0.328 e. The summed E-state index contributed by atoms with van der Waals surface area (Å²) in [5.41, 5.74) is 4.62. The summed E-state index contributed by atoms with van der Waals surface area (Å²) >= 11 is 0. The minimum absolute atomic E-state index is 0.0452. The molecule has 0 aromatic carbocycles. The lowest BCUT2D eigenvalue weighted by Gasteiger charge is -2.25. The maximum atomic E-state index is 11.2. The molecule has 0 aliphatic heterocycles. The molecule has 2 N–H and O–H groups in total. The first-order valence-corrected chi connectivity index (χ1v) is 3.94. The van der Waals surface area contributed by atoms with Crippen LogP contribution in [0, 0.1) is 5.92 Å². The van der Waals surface area contributed by atoms with Crippen LogP contribution in [0.25, 0.3) is 0 Å². The zero-order valence-electron chi connectivity index (χ0n) is 8.07. The van der Waals surface area contributed by atoms with Gasteiger partial charge in [0.25, 0.3) is 6.47 Å². The largest absolute Gasteiger partial charge is 0.430 e. The summed E-state index contributed by atoms with van der Waals surface area (Å²) in [5.74, 6) is -0.624. The first-order valence-electron chi connectivity index (χ1n) is 3.94. The third kappa shape index (κ3) is 3.42. The van der Waals surface area contributed by atoms with Crippen molar-refractivity contribution in [1.29, 1.82) is 0 Å². The van der Waals surface area contributed by atoms with Gasteiger partial charge in [0, 0.05) is 0 Å². The van der Waals surface area contributed by atoms with Gasteiger partial charge in [-0.05, 0) is 12.8 Å². The third-order valence-corrected chi connectivity index (χ3v) is 1.97. The molecule has 0 heterocycles. The molecule has 0 aromatic heterocycles. The minimum atomic E-state index is -1.05. The van der Waals surface area contributed by atoms with Crippen molar-refractivity contribution in [1.82, 2.24) is 0 Å². The molecule has 0 fully saturated rings. The van der Waals surface area contributed by atoms with Gasteiger partial charge in [0.15, 0.2) is 0 Å². The zero-order chi connectivity index (χ0) is 10.5. The van der Waals surface area contributed by atoms with Gasteiger partial charge >= 0.3 is 5.97 Å².